The van der Waals surface area contributed by atoms with Gasteiger partial charge in [-0.05, 0) is 62.0 Å². The van der Waals surface area contributed by atoms with Gasteiger partial charge in [0.05, 0.1) is 23.6 Å². The largest absolute Gasteiger partial charge is 0.462 e. The molecule has 0 spiro atoms. The predicted molar refractivity (Wildman–Crippen MR) is 135 cm³/mol. The summed E-state index contributed by atoms with van der Waals surface area (Å²) in [5.74, 6) is -1.25. The molecule has 0 aliphatic carbocycles. The van der Waals surface area contributed by atoms with Crippen LogP contribution in [0.3, 0.4) is 0 Å². The molecule has 0 bridgehead atoms. The number of nitrogens with zero attached hydrogens (tertiary/aromatic N) is 2. The van der Waals surface area contributed by atoms with Crippen molar-refractivity contribution in [3.63, 3.8) is 0 Å². The SMILES string of the molecule is CCOC(=O)c1ccc2c(c1)NC(=O)C2C(=Nc1ccc(CN(C)C)c(Cl)c1)c1ccccc1. The molecule has 1 aliphatic heterocycles. The summed E-state index contributed by atoms with van der Waals surface area (Å²) in [7, 11) is 3.97. The van der Waals surface area contributed by atoms with Crippen LogP contribution < -0.4 is 5.32 Å². The predicted octanol–water partition coefficient (Wildman–Crippen LogP) is 5.44. The first kappa shape index (κ1) is 23.7. The van der Waals surface area contributed by atoms with Gasteiger partial charge in [-0.25, -0.2) is 4.79 Å². The number of fused-ring (bicyclic) bond motifs is 1. The quantitative estimate of drug-likeness (QED) is 0.365. The van der Waals surface area contributed by atoms with Crippen LogP contribution >= 0.6 is 11.6 Å². The van der Waals surface area contributed by atoms with Crippen molar-refractivity contribution in [3.05, 3.63) is 94.0 Å². The molecule has 1 aliphatic rings. The minimum atomic E-state index is -0.631. The first-order chi connectivity index (χ1) is 16.4. The van der Waals surface area contributed by atoms with E-state index in [-0.39, 0.29) is 12.5 Å². The molecule has 1 unspecified atom stereocenters. The third kappa shape index (κ3) is 5.03. The highest BCUT2D eigenvalue weighted by molar-refractivity contribution is 6.31. The molecule has 1 heterocycles. The van der Waals surface area contributed by atoms with E-state index in [0.717, 1.165) is 23.2 Å². The van der Waals surface area contributed by atoms with Crippen LogP contribution in [0.5, 0.6) is 0 Å². The van der Waals surface area contributed by atoms with Gasteiger partial charge in [-0.2, -0.15) is 0 Å². The van der Waals surface area contributed by atoms with Gasteiger partial charge in [0.1, 0.15) is 5.92 Å². The molecular formula is C27H26ClN3O3. The Balaban J connectivity index is 1.77. The molecule has 1 N–H and O–H groups in total. The van der Waals surface area contributed by atoms with Crippen molar-refractivity contribution in [2.24, 2.45) is 4.99 Å². The van der Waals surface area contributed by atoms with E-state index in [0.29, 0.717) is 27.7 Å². The smallest absolute Gasteiger partial charge is 0.338 e. The third-order valence-electron chi connectivity index (χ3n) is 5.51. The van der Waals surface area contributed by atoms with E-state index < -0.39 is 11.9 Å². The zero-order chi connectivity index (χ0) is 24.2. The molecule has 174 valence electrons. The zero-order valence-corrected chi connectivity index (χ0v) is 20.1. The van der Waals surface area contributed by atoms with Crippen LogP contribution in [0, 0.1) is 0 Å². The monoisotopic (exact) mass is 475 g/mol. The molecule has 34 heavy (non-hydrogen) atoms. The average molecular weight is 476 g/mol. The van der Waals surface area contributed by atoms with Crippen molar-refractivity contribution < 1.29 is 14.3 Å². The number of hydrogen-bond donors (Lipinski definition) is 1. The van der Waals surface area contributed by atoms with Gasteiger partial charge in [0, 0.05) is 17.3 Å². The van der Waals surface area contributed by atoms with E-state index in [1.807, 2.05) is 67.5 Å². The van der Waals surface area contributed by atoms with E-state index >= 15 is 0 Å². The van der Waals surface area contributed by atoms with Crippen LogP contribution in [0.1, 0.15) is 39.9 Å². The summed E-state index contributed by atoms with van der Waals surface area (Å²) < 4.78 is 5.09. The zero-order valence-electron chi connectivity index (χ0n) is 19.3. The number of halogens is 1. The van der Waals surface area contributed by atoms with Gasteiger partial charge in [-0.15, -0.1) is 0 Å². The van der Waals surface area contributed by atoms with Crippen molar-refractivity contribution in [3.8, 4) is 0 Å². The minimum absolute atomic E-state index is 0.200. The maximum absolute atomic E-state index is 13.1. The number of aliphatic imine (C=N–C) groups is 1. The van der Waals surface area contributed by atoms with E-state index in [1.165, 1.54) is 0 Å². The molecule has 1 atom stereocenters. The summed E-state index contributed by atoms with van der Waals surface area (Å²) in [6, 6.07) is 20.4. The molecule has 0 radical (unpaired) electrons. The third-order valence-corrected chi connectivity index (χ3v) is 5.86. The van der Waals surface area contributed by atoms with E-state index in [4.69, 9.17) is 21.3 Å². The van der Waals surface area contributed by atoms with Crippen molar-refractivity contribution in [2.75, 3.05) is 26.0 Å². The lowest BCUT2D eigenvalue weighted by Crippen LogP contribution is -2.22. The van der Waals surface area contributed by atoms with Crippen LogP contribution in [0.2, 0.25) is 5.02 Å². The fourth-order valence-electron chi connectivity index (χ4n) is 3.99. The standard InChI is InChI=1S/C27H26ClN3O3/c1-4-34-27(33)18-11-13-21-23(14-18)30-26(32)24(21)25(17-8-6-5-7-9-17)29-20-12-10-19(16-31(2)3)22(28)15-20/h5-15,24H,4,16H2,1-3H3,(H,30,32). The number of benzene rings is 3. The van der Waals surface area contributed by atoms with Crippen molar-refractivity contribution in [2.45, 2.75) is 19.4 Å². The number of hydrogen-bond acceptors (Lipinski definition) is 5. The van der Waals surface area contributed by atoms with Crippen LogP contribution in [0.15, 0.2) is 71.7 Å². The number of anilines is 1. The molecule has 0 saturated heterocycles. The van der Waals surface area contributed by atoms with Crippen molar-refractivity contribution in [1.82, 2.24) is 4.90 Å². The number of carbonyl (C=O) groups excluding carboxylic acids is 2. The normalized spacial score (nSPS) is 15.3. The Hall–Kier alpha value is -3.48. The molecule has 0 fully saturated rings. The van der Waals surface area contributed by atoms with Gasteiger partial charge in [0.2, 0.25) is 5.91 Å². The summed E-state index contributed by atoms with van der Waals surface area (Å²) in [5, 5.41) is 3.53. The van der Waals surface area contributed by atoms with Gasteiger partial charge < -0.3 is 15.0 Å². The van der Waals surface area contributed by atoms with Crippen LogP contribution in [0.25, 0.3) is 0 Å². The highest BCUT2D eigenvalue weighted by Gasteiger charge is 2.36. The number of esters is 1. The summed E-state index contributed by atoms with van der Waals surface area (Å²) in [4.78, 5) is 32.2. The number of ether oxygens (including phenoxy) is 1. The van der Waals surface area contributed by atoms with E-state index in [2.05, 4.69) is 5.32 Å². The summed E-state index contributed by atoms with van der Waals surface area (Å²) >= 11 is 6.53. The number of nitrogens with one attached hydrogen (secondary N) is 1. The number of amides is 1. The van der Waals surface area contributed by atoms with Crippen molar-refractivity contribution in [1.29, 1.82) is 0 Å². The van der Waals surface area contributed by atoms with Gasteiger partial charge in [-0.3, -0.25) is 9.79 Å². The van der Waals surface area contributed by atoms with Crippen LogP contribution in [-0.4, -0.2) is 43.2 Å². The summed E-state index contributed by atoms with van der Waals surface area (Å²) in [6.07, 6.45) is 0. The lowest BCUT2D eigenvalue weighted by molar-refractivity contribution is -0.115. The molecule has 3 aromatic rings. The lowest BCUT2D eigenvalue weighted by atomic mass is 9.90. The highest BCUT2D eigenvalue weighted by Crippen LogP contribution is 2.37. The van der Waals surface area contributed by atoms with Gasteiger partial charge in [0.25, 0.3) is 0 Å². The molecule has 0 aromatic heterocycles. The first-order valence-corrected chi connectivity index (χ1v) is 11.4. The van der Waals surface area contributed by atoms with Gasteiger partial charge >= 0.3 is 5.97 Å². The summed E-state index contributed by atoms with van der Waals surface area (Å²) in [6.45, 7) is 2.76. The van der Waals surface area contributed by atoms with Crippen LogP contribution in [0.4, 0.5) is 11.4 Å². The maximum Gasteiger partial charge on any atom is 0.338 e. The Labute approximate surface area is 204 Å². The van der Waals surface area contributed by atoms with Gasteiger partial charge in [0.15, 0.2) is 0 Å². The van der Waals surface area contributed by atoms with Crippen molar-refractivity contribution >= 4 is 40.6 Å². The molecule has 7 heteroatoms. The summed E-state index contributed by atoms with van der Waals surface area (Å²) in [5.41, 5.74) is 4.84. The second-order valence-electron chi connectivity index (χ2n) is 8.32. The topological polar surface area (TPSA) is 71.0 Å². The Morgan fingerprint density at radius 1 is 1.06 bits per heavy atom. The first-order valence-electron chi connectivity index (χ1n) is 11.1. The number of carbonyl (C=O) groups is 2. The molecule has 3 aromatic carbocycles. The molecule has 4 rings (SSSR count). The highest BCUT2D eigenvalue weighted by atomic mass is 35.5. The minimum Gasteiger partial charge on any atom is -0.462 e. The van der Waals surface area contributed by atoms with Crippen LogP contribution in [-0.2, 0) is 16.1 Å². The van der Waals surface area contributed by atoms with E-state index in [1.54, 1.807) is 25.1 Å². The molecular weight excluding hydrogens is 450 g/mol. The fraction of sp³-hybridized carbons (Fsp3) is 0.222. The van der Waals surface area contributed by atoms with E-state index in [9.17, 15) is 9.59 Å². The Morgan fingerprint density at radius 2 is 1.82 bits per heavy atom. The molecule has 0 saturated carbocycles. The number of rotatable bonds is 7. The molecule has 1 amide bonds. The average Bonchev–Trinajstić information content (AvgIpc) is 3.14. The Bertz CT molecular complexity index is 1260. The van der Waals surface area contributed by atoms with Gasteiger partial charge in [-0.1, -0.05) is 54.1 Å². The Morgan fingerprint density at radius 3 is 2.50 bits per heavy atom. The Kier molecular flexibility index (Phi) is 7.10. The maximum atomic E-state index is 13.1. The second kappa shape index (κ2) is 10.2. The fourth-order valence-corrected chi connectivity index (χ4v) is 4.23. The molecule has 6 nitrogen and oxygen atoms in total. The second-order valence-corrected chi connectivity index (χ2v) is 8.73. The lowest BCUT2D eigenvalue weighted by Gasteiger charge is -2.15.